The topological polar surface area (TPSA) is 101 Å². The highest BCUT2D eigenvalue weighted by Gasteiger charge is 2.41. The van der Waals surface area contributed by atoms with Crippen LogP contribution in [-0.4, -0.2) is 56.6 Å². The molecule has 5 heteroatoms. The number of aliphatic hydroxyl groups is 5. The van der Waals surface area contributed by atoms with Gasteiger partial charge in [-0.05, 0) is 43.9 Å². The summed E-state index contributed by atoms with van der Waals surface area (Å²) in [5.41, 5.74) is 0. The Bertz CT molecular complexity index is 248. The van der Waals surface area contributed by atoms with E-state index in [4.69, 9.17) is 5.11 Å². The van der Waals surface area contributed by atoms with E-state index in [0.717, 1.165) is 12.8 Å². The largest absolute Gasteiger partial charge is 0.394 e. The Morgan fingerprint density at radius 2 is 1.63 bits per heavy atom. The molecule has 1 rings (SSSR count). The maximum Gasteiger partial charge on any atom is 0.0774 e. The summed E-state index contributed by atoms with van der Waals surface area (Å²) in [6.07, 6.45) is 1.09. The highest BCUT2D eigenvalue weighted by Crippen LogP contribution is 2.38. The molecular weight excluding hydrogens is 248 g/mol. The third-order valence-electron chi connectivity index (χ3n) is 4.23. The molecule has 1 saturated carbocycles. The van der Waals surface area contributed by atoms with Gasteiger partial charge in [0.05, 0.1) is 31.0 Å². The van der Waals surface area contributed by atoms with E-state index in [0.29, 0.717) is 25.7 Å². The van der Waals surface area contributed by atoms with Gasteiger partial charge in [-0.1, -0.05) is 13.3 Å². The Hall–Kier alpha value is -0.200. The zero-order chi connectivity index (χ0) is 14.4. The summed E-state index contributed by atoms with van der Waals surface area (Å²) in [6.45, 7) is 1.68. The first kappa shape index (κ1) is 16.9. The molecule has 5 nitrogen and oxygen atoms in total. The monoisotopic (exact) mass is 276 g/mol. The molecule has 5 N–H and O–H groups in total. The molecule has 0 spiro atoms. The van der Waals surface area contributed by atoms with Gasteiger partial charge in [-0.25, -0.2) is 0 Å². The van der Waals surface area contributed by atoms with Crippen LogP contribution in [0.5, 0.6) is 0 Å². The minimum atomic E-state index is -0.854. The molecule has 0 amide bonds. The van der Waals surface area contributed by atoms with Crippen LogP contribution in [0.15, 0.2) is 0 Å². The van der Waals surface area contributed by atoms with Crippen molar-refractivity contribution in [2.45, 2.75) is 69.9 Å². The summed E-state index contributed by atoms with van der Waals surface area (Å²) < 4.78 is 0. The highest BCUT2D eigenvalue weighted by molar-refractivity contribution is 4.92. The van der Waals surface area contributed by atoms with Crippen LogP contribution in [0.2, 0.25) is 0 Å². The van der Waals surface area contributed by atoms with Crippen LogP contribution in [0, 0.1) is 11.8 Å². The smallest absolute Gasteiger partial charge is 0.0774 e. The van der Waals surface area contributed by atoms with Crippen molar-refractivity contribution in [3.8, 4) is 0 Å². The van der Waals surface area contributed by atoms with E-state index in [9.17, 15) is 20.4 Å². The van der Waals surface area contributed by atoms with E-state index in [1.54, 1.807) is 0 Å². The lowest BCUT2D eigenvalue weighted by atomic mass is 9.84. The molecular formula is C14H28O5. The predicted octanol–water partition coefficient (Wildman–Crippen LogP) is 0.0288. The second-order valence-electron chi connectivity index (χ2n) is 5.79. The van der Waals surface area contributed by atoms with Crippen molar-refractivity contribution in [3.63, 3.8) is 0 Å². The third kappa shape index (κ3) is 5.00. The first-order valence-electron chi connectivity index (χ1n) is 7.32. The van der Waals surface area contributed by atoms with Gasteiger partial charge in [0.2, 0.25) is 0 Å². The van der Waals surface area contributed by atoms with Crippen molar-refractivity contribution in [3.05, 3.63) is 0 Å². The van der Waals surface area contributed by atoms with Gasteiger partial charge < -0.3 is 25.5 Å². The second kappa shape index (κ2) is 8.17. The van der Waals surface area contributed by atoms with Crippen molar-refractivity contribution in [1.82, 2.24) is 0 Å². The summed E-state index contributed by atoms with van der Waals surface area (Å²) in [4.78, 5) is 0. The Morgan fingerprint density at radius 1 is 1.00 bits per heavy atom. The van der Waals surface area contributed by atoms with Gasteiger partial charge in [-0.3, -0.25) is 0 Å². The average Bonchev–Trinajstić information content (AvgIpc) is 2.62. The Balaban J connectivity index is 2.51. The first-order chi connectivity index (χ1) is 8.99. The van der Waals surface area contributed by atoms with Crippen LogP contribution in [0.4, 0.5) is 0 Å². The van der Waals surface area contributed by atoms with Crippen LogP contribution >= 0.6 is 0 Å². The van der Waals surface area contributed by atoms with Crippen molar-refractivity contribution in [2.75, 3.05) is 6.61 Å². The molecule has 0 heterocycles. The van der Waals surface area contributed by atoms with Crippen molar-refractivity contribution < 1.29 is 25.5 Å². The van der Waals surface area contributed by atoms with Crippen molar-refractivity contribution in [2.24, 2.45) is 11.8 Å². The number of hydrogen-bond donors (Lipinski definition) is 5. The van der Waals surface area contributed by atoms with Gasteiger partial charge in [-0.15, -0.1) is 0 Å². The fourth-order valence-electron chi connectivity index (χ4n) is 3.16. The fourth-order valence-corrected chi connectivity index (χ4v) is 3.16. The van der Waals surface area contributed by atoms with E-state index in [1.807, 2.05) is 6.92 Å². The van der Waals surface area contributed by atoms with Crippen LogP contribution in [0.25, 0.3) is 0 Å². The SMILES string of the molecule is CCC[C@H](O)CC[C@@H]1[C@@H](CC(O)CO)[C@@H](O)C[C@H]1O. The summed E-state index contributed by atoms with van der Waals surface area (Å²) in [6, 6.07) is 0. The van der Waals surface area contributed by atoms with Crippen molar-refractivity contribution in [1.29, 1.82) is 0 Å². The molecule has 1 fully saturated rings. The number of aliphatic hydroxyl groups excluding tert-OH is 5. The number of hydrogen-bond acceptors (Lipinski definition) is 5. The van der Waals surface area contributed by atoms with Gasteiger partial charge in [0.15, 0.2) is 0 Å². The molecule has 1 unspecified atom stereocenters. The van der Waals surface area contributed by atoms with Crippen molar-refractivity contribution >= 4 is 0 Å². The van der Waals surface area contributed by atoms with Crippen LogP contribution < -0.4 is 0 Å². The molecule has 0 radical (unpaired) electrons. The van der Waals surface area contributed by atoms with Gasteiger partial charge in [-0.2, -0.15) is 0 Å². The molecule has 6 atom stereocenters. The van der Waals surface area contributed by atoms with E-state index in [2.05, 4.69) is 0 Å². The van der Waals surface area contributed by atoms with Gasteiger partial charge in [0, 0.05) is 0 Å². The Morgan fingerprint density at radius 3 is 2.21 bits per heavy atom. The minimum Gasteiger partial charge on any atom is -0.394 e. The Kier molecular flexibility index (Phi) is 7.25. The first-order valence-corrected chi connectivity index (χ1v) is 7.32. The normalized spacial score (nSPS) is 34.4. The summed E-state index contributed by atoms with van der Waals surface area (Å²) in [5.74, 6) is -0.311. The third-order valence-corrected chi connectivity index (χ3v) is 4.23. The standard InChI is InChI=1S/C14H28O5/c1-2-3-9(16)4-5-11-12(6-10(17)8-15)14(19)7-13(11)18/h9-19H,2-8H2,1H3/t9-,10?,11+,12+,13+,14-/m0/s1. The lowest BCUT2D eigenvalue weighted by Crippen LogP contribution is -2.28. The van der Waals surface area contributed by atoms with Crippen LogP contribution in [0.3, 0.4) is 0 Å². The zero-order valence-corrected chi connectivity index (χ0v) is 11.6. The second-order valence-corrected chi connectivity index (χ2v) is 5.79. The molecule has 114 valence electrons. The van der Waals surface area contributed by atoms with Gasteiger partial charge in [0.1, 0.15) is 0 Å². The number of rotatable bonds is 8. The molecule has 0 aromatic heterocycles. The molecule has 0 aromatic rings. The van der Waals surface area contributed by atoms with Gasteiger partial charge >= 0.3 is 0 Å². The maximum atomic E-state index is 9.97. The highest BCUT2D eigenvalue weighted by atomic mass is 16.3. The molecule has 0 saturated heterocycles. The van der Waals surface area contributed by atoms with Crippen LogP contribution in [-0.2, 0) is 0 Å². The van der Waals surface area contributed by atoms with E-state index < -0.39 is 18.3 Å². The molecule has 1 aliphatic carbocycles. The fraction of sp³-hybridized carbons (Fsp3) is 1.00. The lowest BCUT2D eigenvalue weighted by molar-refractivity contribution is 0.0262. The quantitative estimate of drug-likeness (QED) is 0.430. The van der Waals surface area contributed by atoms with E-state index in [1.165, 1.54) is 0 Å². The Labute approximate surface area is 114 Å². The predicted molar refractivity (Wildman–Crippen MR) is 71.5 cm³/mol. The van der Waals surface area contributed by atoms with Gasteiger partial charge in [0.25, 0.3) is 0 Å². The summed E-state index contributed by atoms with van der Waals surface area (Å²) >= 11 is 0. The minimum absolute atomic E-state index is 0.109. The molecule has 1 aliphatic rings. The molecule has 0 bridgehead atoms. The van der Waals surface area contributed by atoms with Crippen LogP contribution in [0.1, 0.15) is 45.4 Å². The molecule has 0 aliphatic heterocycles. The molecule has 0 aromatic carbocycles. The molecule has 19 heavy (non-hydrogen) atoms. The van der Waals surface area contributed by atoms with E-state index >= 15 is 0 Å². The summed E-state index contributed by atoms with van der Waals surface area (Å²) in [7, 11) is 0. The maximum absolute atomic E-state index is 9.97. The average molecular weight is 276 g/mol. The zero-order valence-electron chi connectivity index (χ0n) is 11.6. The summed E-state index contributed by atoms with van der Waals surface area (Å²) in [5, 5.41) is 48.0. The lowest BCUT2D eigenvalue weighted by Gasteiger charge is -2.26. The van der Waals surface area contributed by atoms with E-state index in [-0.39, 0.29) is 24.5 Å².